The van der Waals surface area contributed by atoms with Crippen LogP contribution >= 0.6 is 0 Å². The lowest BCUT2D eigenvalue weighted by atomic mass is 10.1. The standard InChI is InChI=1S/C14H18N4O/c1-3-9-15-12-7-5-4-6-11(12)14(19)17-13-8-10-16-18(13)2/h4-8,10,15H,3,9H2,1-2H3,(H,17,19). The van der Waals surface area contributed by atoms with Crippen LogP contribution in [-0.2, 0) is 7.05 Å². The molecule has 2 aromatic rings. The Hall–Kier alpha value is -2.30. The molecule has 5 heteroatoms. The Bertz CT molecular complexity index is 562. The fourth-order valence-electron chi connectivity index (χ4n) is 1.78. The van der Waals surface area contributed by atoms with E-state index in [1.807, 2.05) is 24.3 Å². The number of hydrogen-bond acceptors (Lipinski definition) is 3. The lowest BCUT2D eigenvalue weighted by Gasteiger charge is -2.11. The van der Waals surface area contributed by atoms with E-state index in [2.05, 4.69) is 22.7 Å². The van der Waals surface area contributed by atoms with E-state index < -0.39 is 0 Å². The van der Waals surface area contributed by atoms with Gasteiger partial charge in [0.2, 0.25) is 0 Å². The van der Waals surface area contributed by atoms with E-state index in [9.17, 15) is 4.79 Å². The van der Waals surface area contributed by atoms with Crippen molar-refractivity contribution in [3.8, 4) is 0 Å². The first-order chi connectivity index (χ1) is 9.22. The summed E-state index contributed by atoms with van der Waals surface area (Å²) in [7, 11) is 1.79. The molecule has 1 amide bonds. The molecule has 0 spiro atoms. The zero-order valence-corrected chi connectivity index (χ0v) is 11.2. The predicted molar refractivity (Wildman–Crippen MR) is 76.4 cm³/mol. The Labute approximate surface area is 112 Å². The number of carbonyl (C=O) groups excluding carboxylic acids is 1. The monoisotopic (exact) mass is 258 g/mol. The van der Waals surface area contributed by atoms with E-state index in [0.717, 1.165) is 18.7 Å². The number of para-hydroxylation sites is 1. The Balaban J connectivity index is 2.17. The maximum Gasteiger partial charge on any atom is 0.258 e. The third kappa shape index (κ3) is 3.13. The molecule has 0 saturated carbocycles. The number of rotatable bonds is 5. The number of nitrogens with one attached hydrogen (secondary N) is 2. The number of anilines is 2. The van der Waals surface area contributed by atoms with Crippen LogP contribution in [0, 0.1) is 0 Å². The van der Waals surface area contributed by atoms with Crippen molar-refractivity contribution in [2.45, 2.75) is 13.3 Å². The molecule has 2 N–H and O–H groups in total. The summed E-state index contributed by atoms with van der Waals surface area (Å²) < 4.78 is 1.62. The molecule has 0 atom stereocenters. The van der Waals surface area contributed by atoms with Gasteiger partial charge in [0, 0.05) is 25.3 Å². The van der Waals surface area contributed by atoms with Gasteiger partial charge >= 0.3 is 0 Å². The number of nitrogens with zero attached hydrogens (tertiary/aromatic N) is 2. The lowest BCUT2D eigenvalue weighted by molar-refractivity contribution is 0.102. The Morgan fingerprint density at radius 3 is 2.79 bits per heavy atom. The fraction of sp³-hybridized carbons (Fsp3) is 0.286. The normalized spacial score (nSPS) is 10.2. The first kappa shape index (κ1) is 13.1. The van der Waals surface area contributed by atoms with Crippen LogP contribution < -0.4 is 10.6 Å². The minimum atomic E-state index is -0.136. The maximum atomic E-state index is 12.3. The minimum Gasteiger partial charge on any atom is -0.384 e. The van der Waals surface area contributed by atoms with E-state index in [0.29, 0.717) is 11.4 Å². The summed E-state index contributed by atoms with van der Waals surface area (Å²) in [5.41, 5.74) is 1.49. The van der Waals surface area contributed by atoms with Crippen molar-refractivity contribution < 1.29 is 4.79 Å². The summed E-state index contributed by atoms with van der Waals surface area (Å²) in [6.07, 6.45) is 2.66. The van der Waals surface area contributed by atoms with E-state index in [1.54, 1.807) is 24.0 Å². The van der Waals surface area contributed by atoms with Crippen LogP contribution in [0.5, 0.6) is 0 Å². The van der Waals surface area contributed by atoms with Gasteiger partial charge < -0.3 is 10.6 Å². The molecule has 5 nitrogen and oxygen atoms in total. The van der Waals surface area contributed by atoms with Gasteiger partial charge in [-0.15, -0.1) is 0 Å². The molecule has 1 heterocycles. The van der Waals surface area contributed by atoms with Crippen molar-refractivity contribution in [1.29, 1.82) is 0 Å². The number of aromatic nitrogens is 2. The average molecular weight is 258 g/mol. The third-order valence-electron chi connectivity index (χ3n) is 2.80. The first-order valence-corrected chi connectivity index (χ1v) is 6.34. The van der Waals surface area contributed by atoms with Crippen LogP contribution in [0.4, 0.5) is 11.5 Å². The van der Waals surface area contributed by atoms with Gasteiger partial charge in [-0.25, -0.2) is 0 Å². The quantitative estimate of drug-likeness (QED) is 0.866. The molecule has 0 radical (unpaired) electrons. The molecule has 1 aromatic carbocycles. The second-order valence-corrected chi connectivity index (χ2v) is 4.27. The van der Waals surface area contributed by atoms with Crippen molar-refractivity contribution in [2.75, 3.05) is 17.2 Å². The number of aryl methyl sites for hydroxylation is 1. The molecule has 0 aliphatic carbocycles. The molecule has 100 valence electrons. The van der Waals surface area contributed by atoms with E-state index >= 15 is 0 Å². The van der Waals surface area contributed by atoms with E-state index in [4.69, 9.17) is 0 Å². The Morgan fingerprint density at radius 1 is 1.32 bits per heavy atom. The molecule has 0 bridgehead atoms. The number of amides is 1. The highest BCUT2D eigenvalue weighted by Gasteiger charge is 2.12. The SMILES string of the molecule is CCCNc1ccccc1C(=O)Nc1ccnn1C. The number of benzene rings is 1. The molecule has 2 rings (SSSR count). The first-order valence-electron chi connectivity index (χ1n) is 6.34. The highest BCUT2D eigenvalue weighted by Crippen LogP contribution is 2.17. The van der Waals surface area contributed by atoms with Gasteiger partial charge in [-0.3, -0.25) is 9.48 Å². The van der Waals surface area contributed by atoms with Crippen LogP contribution in [0.1, 0.15) is 23.7 Å². The summed E-state index contributed by atoms with van der Waals surface area (Å²) in [6, 6.07) is 9.26. The van der Waals surface area contributed by atoms with Crippen molar-refractivity contribution >= 4 is 17.4 Å². The molecular formula is C14H18N4O. The average Bonchev–Trinajstić information content (AvgIpc) is 2.82. The minimum absolute atomic E-state index is 0.136. The second kappa shape index (κ2) is 6.04. The predicted octanol–water partition coefficient (Wildman–Crippen LogP) is 2.49. The summed E-state index contributed by atoms with van der Waals surface area (Å²) in [5.74, 6) is 0.540. The summed E-state index contributed by atoms with van der Waals surface area (Å²) in [6.45, 7) is 2.93. The molecule has 19 heavy (non-hydrogen) atoms. The van der Waals surface area contributed by atoms with Gasteiger partial charge in [-0.05, 0) is 18.6 Å². The van der Waals surface area contributed by atoms with Crippen molar-refractivity contribution in [3.63, 3.8) is 0 Å². The van der Waals surface area contributed by atoms with Gasteiger partial charge in [0.15, 0.2) is 0 Å². The fourth-order valence-corrected chi connectivity index (χ4v) is 1.78. The van der Waals surface area contributed by atoms with Gasteiger partial charge in [-0.2, -0.15) is 5.10 Å². The molecule has 0 aliphatic rings. The van der Waals surface area contributed by atoms with Gasteiger partial charge in [0.1, 0.15) is 5.82 Å². The maximum absolute atomic E-state index is 12.3. The zero-order chi connectivity index (χ0) is 13.7. The van der Waals surface area contributed by atoms with Crippen LogP contribution in [0.3, 0.4) is 0 Å². The highest BCUT2D eigenvalue weighted by atomic mass is 16.1. The van der Waals surface area contributed by atoms with Crippen molar-refractivity contribution in [3.05, 3.63) is 42.1 Å². The molecule has 0 aliphatic heterocycles. The third-order valence-corrected chi connectivity index (χ3v) is 2.80. The summed E-state index contributed by atoms with van der Waals surface area (Å²) in [4.78, 5) is 12.3. The molecule has 0 saturated heterocycles. The smallest absolute Gasteiger partial charge is 0.258 e. The second-order valence-electron chi connectivity index (χ2n) is 4.27. The number of hydrogen-bond donors (Lipinski definition) is 2. The molecular weight excluding hydrogens is 240 g/mol. The van der Waals surface area contributed by atoms with E-state index in [-0.39, 0.29) is 5.91 Å². The molecule has 1 aromatic heterocycles. The van der Waals surface area contributed by atoms with Gasteiger partial charge in [0.05, 0.1) is 11.8 Å². The van der Waals surface area contributed by atoms with Crippen LogP contribution in [0.2, 0.25) is 0 Å². The molecule has 0 fully saturated rings. The van der Waals surface area contributed by atoms with Crippen LogP contribution in [-0.4, -0.2) is 22.2 Å². The van der Waals surface area contributed by atoms with Crippen molar-refractivity contribution in [2.24, 2.45) is 7.05 Å². The summed E-state index contributed by atoms with van der Waals surface area (Å²) >= 11 is 0. The largest absolute Gasteiger partial charge is 0.384 e. The van der Waals surface area contributed by atoms with Gasteiger partial charge in [0.25, 0.3) is 5.91 Å². The highest BCUT2D eigenvalue weighted by molar-refractivity contribution is 6.07. The van der Waals surface area contributed by atoms with Crippen LogP contribution in [0.15, 0.2) is 36.5 Å². The lowest BCUT2D eigenvalue weighted by Crippen LogP contribution is -2.16. The Morgan fingerprint density at radius 2 is 2.11 bits per heavy atom. The molecule has 0 unspecified atom stereocenters. The number of carbonyl (C=O) groups is 1. The van der Waals surface area contributed by atoms with Gasteiger partial charge in [-0.1, -0.05) is 19.1 Å². The summed E-state index contributed by atoms with van der Waals surface area (Å²) in [5, 5.41) is 10.1. The van der Waals surface area contributed by atoms with E-state index in [1.165, 1.54) is 0 Å². The Kier molecular flexibility index (Phi) is 4.18. The zero-order valence-electron chi connectivity index (χ0n) is 11.2. The van der Waals surface area contributed by atoms with Crippen molar-refractivity contribution in [1.82, 2.24) is 9.78 Å². The topological polar surface area (TPSA) is 59.0 Å². The van der Waals surface area contributed by atoms with Crippen LogP contribution in [0.25, 0.3) is 0 Å².